The van der Waals surface area contributed by atoms with Crippen molar-refractivity contribution < 1.29 is 4.79 Å². The minimum atomic E-state index is -0.455. The summed E-state index contributed by atoms with van der Waals surface area (Å²) in [5.41, 5.74) is 3.11. The van der Waals surface area contributed by atoms with Crippen LogP contribution in [0.2, 0.25) is 0 Å². The van der Waals surface area contributed by atoms with Crippen LogP contribution in [0, 0.1) is 16.7 Å². The summed E-state index contributed by atoms with van der Waals surface area (Å²) in [5.74, 6) is -0.455. The Morgan fingerprint density at radius 3 is 2.93 bits per heavy atom. The van der Waals surface area contributed by atoms with E-state index < -0.39 is 5.91 Å². The number of pyridine rings is 1. The van der Waals surface area contributed by atoms with E-state index in [1.807, 2.05) is 43.3 Å². The average Bonchev–Trinajstić information content (AvgIpc) is 3.15. The molecule has 0 saturated heterocycles. The zero-order valence-corrected chi connectivity index (χ0v) is 15.8. The van der Waals surface area contributed by atoms with E-state index in [4.69, 9.17) is 5.41 Å². The molecule has 0 bridgehead atoms. The molecule has 4 N–H and O–H groups in total. The van der Waals surface area contributed by atoms with Crippen molar-refractivity contribution in [2.45, 2.75) is 13.0 Å². The molecule has 144 valence electrons. The van der Waals surface area contributed by atoms with Crippen molar-refractivity contribution in [3.63, 3.8) is 0 Å². The minimum absolute atomic E-state index is 0.00995. The molecule has 1 amide bonds. The molecule has 0 spiro atoms. The second kappa shape index (κ2) is 9.15. The summed E-state index contributed by atoms with van der Waals surface area (Å²) in [6, 6.07) is 12.9. The SMILES string of the molecule is CC(NC(=O)/C(C#N)=C/c1c[nH]c2ncccc12)c1ccccc1N/C=C\C=N. The maximum Gasteiger partial charge on any atom is 0.262 e. The van der Waals surface area contributed by atoms with E-state index in [0.717, 1.165) is 22.2 Å². The monoisotopic (exact) mass is 384 g/mol. The number of benzene rings is 1. The highest BCUT2D eigenvalue weighted by Crippen LogP contribution is 2.23. The molecule has 2 aromatic heterocycles. The molecule has 1 atom stereocenters. The van der Waals surface area contributed by atoms with Gasteiger partial charge in [0.25, 0.3) is 5.91 Å². The van der Waals surface area contributed by atoms with Gasteiger partial charge in [0.1, 0.15) is 17.3 Å². The largest absolute Gasteiger partial charge is 0.361 e. The van der Waals surface area contributed by atoms with Gasteiger partial charge in [0.2, 0.25) is 0 Å². The third-order valence-corrected chi connectivity index (χ3v) is 4.35. The summed E-state index contributed by atoms with van der Waals surface area (Å²) in [5, 5.41) is 23.4. The van der Waals surface area contributed by atoms with Gasteiger partial charge in [0.15, 0.2) is 0 Å². The molecule has 29 heavy (non-hydrogen) atoms. The fourth-order valence-electron chi connectivity index (χ4n) is 2.94. The predicted octanol–water partition coefficient (Wildman–Crippen LogP) is 3.92. The Bertz CT molecular complexity index is 1140. The number of para-hydroxylation sites is 1. The van der Waals surface area contributed by atoms with E-state index in [1.54, 1.807) is 36.8 Å². The van der Waals surface area contributed by atoms with Gasteiger partial charge in [-0.05, 0) is 42.8 Å². The lowest BCUT2D eigenvalue weighted by molar-refractivity contribution is -0.117. The van der Waals surface area contributed by atoms with E-state index in [2.05, 4.69) is 20.6 Å². The van der Waals surface area contributed by atoms with Crippen molar-refractivity contribution in [2.24, 2.45) is 0 Å². The quantitative estimate of drug-likeness (QED) is 0.280. The number of nitriles is 1. The van der Waals surface area contributed by atoms with E-state index in [-0.39, 0.29) is 11.6 Å². The third-order valence-electron chi connectivity index (χ3n) is 4.35. The molecule has 0 saturated carbocycles. The number of carbonyl (C=O) groups is 1. The van der Waals surface area contributed by atoms with E-state index in [1.165, 1.54) is 6.21 Å². The van der Waals surface area contributed by atoms with Crippen molar-refractivity contribution in [3.05, 3.63) is 77.8 Å². The number of anilines is 1. The molecule has 0 radical (unpaired) electrons. The van der Waals surface area contributed by atoms with Crippen LogP contribution in [-0.4, -0.2) is 22.1 Å². The molecule has 7 nitrogen and oxygen atoms in total. The second-order valence-electron chi connectivity index (χ2n) is 6.27. The molecule has 0 fully saturated rings. The lowest BCUT2D eigenvalue weighted by Crippen LogP contribution is -2.28. The van der Waals surface area contributed by atoms with E-state index >= 15 is 0 Å². The number of rotatable bonds is 7. The van der Waals surface area contributed by atoms with Crippen molar-refractivity contribution in [1.82, 2.24) is 15.3 Å². The fraction of sp³-hybridized carbons (Fsp3) is 0.0909. The number of H-pyrrole nitrogens is 1. The molecular weight excluding hydrogens is 364 g/mol. The number of aromatic amines is 1. The number of nitrogens with zero attached hydrogens (tertiary/aromatic N) is 2. The highest BCUT2D eigenvalue weighted by atomic mass is 16.1. The van der Waals surface area contributed by atoms with Gasteiger partial charge >= 0.3 is 0 Å². The van der Waals surface area contributed by atoms with Crippen LogP contribution in [0.1, 0.15) is 24.1 Å². The molecule has 3 rings (SSSR count). The van der Waals surface area contributed by atoms with Gasteiger partial charge in [-0.25, -0.2) is 4.98 Å². The first-order valence-electron chi connectivity index (χ1n) is 9.00. The molecule has 0 aliphatic carbocycles. The number of aromatic nitrogens is 2. The number of nitrogens with one attached hydrogen (secondary N) is 4. The summed E-state index contributed by atoms with van der Waals surface area (Å²) in [4.78, 5) is 19.9. The maximum absolute atomic E-state index is 12.7. The van der Waals surface area contributed by atoms with Crippen LogP contribution >= 0.6 is 0 Å². The van der Waals surface area contributed by atoms with Gasteiger partial charge in [-0.15, -0.1) is 0 Å². The van der Waals surface area contributed by atoms with Crippen LogP contribution in [0.3, 0.4) is 0 Å². The van der Waals surface area contributed by atoms with E-state index in [0.29, 0.717) is 5.65 Å². The topological polar surface area (TPSA) is 117 Å². The standard InChI is InChI=1S/C22H20N6O/c1-15(18-6-2-3-8-20(18)25-11-5-9-23)28-22(29)16(13-24)12-17-14-27-21-19(17)7-4-10-26-21/h2-12,14-15,23,25H,1H3,(H,26,27)(H,28,29)/b11-5-,16-12+,23-9?. The van der Waals surface area contributed by atoms with Gasteiger partial charge in [-0.1, -0.05) is 18.2 Å². The van der Waals surface area contributed by atoms with Gasteiger partial charge in [0.05, 0.1) is 6.04 Å². The Hall–Kier alpha value is -4.18. The maximum atomic E-state index is 12.7. The Morgan fingerprint density at radius 2 is 2.14 bits per heavy atom. The van der Waals surface area contributed by atoms with Crippen LogP contribution in [0.25, 0.3) is 17.1 Å². The van der Waals surface area contributed by atoms with Gasteiger partial charge < -0.3 is 21.0 Å². The molecule has 2 heterocycles. The Balaban J connectivity index is 1.81. The third kappa shape index (κ3) is 4.57. The number of carbonyl (C=O) groups excluding carboxylic acids is 1. The van der Waals surface area contributed by atoms with Crippen LogP contribution in [0.4, 0.5) is 5.69 Å². The first-order chi connectivity index (χ1) is 14.1. The summed E-state index contributed by atoms with van der Waals surface area (Å²) in [6.45, 7) is 1.85. The molecule has 1 unspecified atom stereocenters. The van der Waals surface area contributed by atoms with Crippen LogP contribution in [-0.2, 0) is 4.79 Å². The minimum Gasteiger partial charge on any atom is -0.361 e. The Morgan fingerprint density at radius 1 is 1.31 bits per heavy atom. The van der Waals surface area contributed by atoms with E-state index in [9.17, 15) is 10.1 Å². The van der Waals surface area contributed by atoms with Gasteiger partial charge in [-0.3, -0.25) is 4.79 Å². The highest BCUT2D eigenvalue weighted by molar-refractivity contribution is 6.03. The normalized spacial score (nSPS) is 12.5. The van der Waals surface area contributed by atoms with Crippen molar-refractivity contribution in [3.8, 4) is 6.07 Å². The van der Waals surface area contributed by atoms with Crippen LogP contribution in [0.5, 0.6) is 0 Å². The zero-order chi connectivity index (χ0) is 20.6. The molecule has 7 heteroatoms. The van der Waals surface area contributed by atoms with Gasteiger partial charge in [-0.2, -0.15) is 5.26 Å². The summed E-state index contributed by atoms with van der Waals surface area (Å²) in [7, 11) is 0. The first-order valence-corrected chi connectivity index (χ1v) is 9.00. The highest BCUT2D eigenvalue weighted by Gasteiger charge is 2.16. The van der Waals surface area contributed by atoms with Crippen molar-refractivity contribution >= 4 is 34.9 Å². The number of hydrogen-bond acceptors (Lipinski definition) is 5. The predicted molar refractivity (Wildman–Crippen MR) is 114 cm³/mol. The summed E-state index contributed by atoms with van der Waals surface area (Å²) >= 11 is 0. The number of allylic oxidation sites excluding steroid dienone is 1. The Kier molecular flexibility index (Phi) is 6.18. The lowest BCUT2D eigenvalue weighted by Gasteiger charge is -2.17. The number of hydrogen-bond donors (Lipinski definition) is 4. The lowest BCUT2D eigenvalue weighted by atomic mass is 10.0. The first kappa shape index (κ1) is 19.6. The smallest absolute Gasteiger partial charge is 0.262 e. The fourth-order valence-corrected chi connectivity index (χ4v) is 2.94. The van der Waals surface area contributed by atoms with Crippen molar-refractivity contribution in [1.29, 1.82) is 10.7 Å². The Labute approximate surface area is 168 Å². The van der Waals surface area contributed by atoms with Gasteiger partial charge in [0, 0.05) is 41.4 Å². The van der Waals surface area contributed by atoms with Crippen LogP contribution in [0.15, 0.2) is 66.6 Å². The molecule has 0 aliphatic rings. The molecular formula is C22H20N6O. The molecule has 3 aromatic rings. The molecule has 1 aromatic carbocycles. The number of amides is 1. The van der Waals surface area contributed by atoms with Crippen LogP contribution < -0.4 is 10.6 Å². The summed E-state index contributed by atoms with van der Waals surface area (Å²) < 4.78 is 0. The number of fused-ring (bicyclic) bond motifs is 1. The van der Waals surface area contributed by atoms with Crippen molar-refractivity contribution in [2.75, 3.05) is 5.32 Å². The average molecular weight is 384 g/mol. The summed E-state index contributed by atoms with van der Waals surface area (Å²) in [6.07, 6.45) is 9.33. The second-order valence-corrected chi connectivity index (χ2v) is 6.27. The molecule has 0 aliphatic heterocycles. The zero-order valence-electron chi connectivity index (χ0n) is 15.8.